The van der Waals surface area contributed by atoms with Gasteiger partial charge in [0.15, 0.2) is 0 Å². The van der Waals surface area contributed by atoms with E-state index in [1.165, 1.54) is 6.92 Å². The van der Waals surface area contributed by atoms with E-state index in [9.17, 15) is 9.59 Å². The highest BCUT2D eigenvalue weighted by atomic mass is 16.1. The van der Waals surface area contributed by atoms with Crippen LogP contribution in [0.1, 0.15) is 13.3 Å². The summed E-state index contributed by atoms with van der Waals surface area (Å²) in [7, 11) is 0. The number of carbonyl (C=O) groups is 2. The van der Waals surface area contributed by atoms with Gasteiger partial charge in [-0.3, -0.25) is 9.59 Å². The van der Waals surface area contributed by atoms with Crippen molar-refractivity contribution in [2.75, 3.05) is 0 Å². The summed E-state index contributed by atoms with van der Waals surface area (Å²) in [5.41, 5.74) is 0. The smallest absolute Gasteiger partial charge is 0.220 e. The molecule has 2 heteroatoms. The Morgan fingerprint density at radius 1 is 1.38 bits per heavy atom. The third-order valence-electron chi connectivity index (χ3n) is 1.32. The van der Waals surface area contributed by atoms with E-state index >= 15 is 0 Å². The molecule has 13 heavy (non-hydrogen) atoms. The van der Waals surface area contributed by atoms with Gasteiger partial charge in [0.05, 0.1) is 5.92 Å². The second kappa shape index (κ2) is 5.64. The highest BCUT2D eigenvalue weighted by molar-refractivity contribution is 6.04. The van der Waals surface area contributed by atoms with Crippen LogP contribution in [0.5, 0.6) is 0 Å². The number of terminal acetylenes is 2. The van der Waals surface area contributed by atoms with Crippen LogP contribution in [-0.2, 0) is 9.59 Å². The van der Waals surface area contributed by atoms with E-state index in [-0.39, 0.29) is 6.42 Å². The molecule has 0 aromatic carbocycles. The number of Topliss-reactive ketones (excluding diaryl/α,β-unsaturated/α-hetero) is 2. The molecule has 0 N–H and O–H groups in total. The highest BCUT2D eigenvalue weighted by Gasteiger charge is 2.16. The molecule has 0 aliphatic carbocycles. The fourth-order valence-corrected chi connectivity index (χ4v) is 0.682. The molecule has 0 saturated carbocycles. The van der Waals surface area contributed by atoms with Crippen molar-refractivity contribution in [3.63, 3.8) is 0 Å². The summed E-state index contributed by atoms with van der Waals surface area (Å²) in [6, 6.07) is 0. The zero-order valence-corrected chi connectivity index (χ0v) is 7.26. The molecule has 0 aliphatic heterocycles. The molecule has 2 nitrogen and oxygen atoms in total. The number of carbonyl (C=O) groups excluding carboxylic acids is 2. The SMILES string of the molecule is C#CC(=O)CC(C#C)C(=O)C#CC. The second-order valence-corrected chi connectivity index (χ2v) is 2.23. The lowest BCUT2D eigenvalue weighted by Gasteiger charge is -1.99. The van der Waals surface area contributed by atoms with Crippen LogP contribution < -0.4 is 0 Å². The van der Waals surface area contributed by atoms with Gasteiger partial charge in [0, 0.05) is 6.42 Å². The lowest BCUT2D eigenvalue weighted by molar-refractivity contribution is -0.120. The van der Waals surface area contributed by atoms with Crippen LogP contribution in [-0.4, -0.2) is 11.6 Å². The van der Waals surface area contributed by atoms with Gasteiger partial charge in [-0.1, -0.05) is 11.8 Å². The Bertz CT molecular complexity index is 352. The highest BCUT2D eigenvalue weighted by Crippen LogP contribution is 2.03. The van der Waals surface area contributed by atoms with Gasteiger partial charge in [-0.25, -0.2) is 0 Å². The van der Waals surface area contributed by atoms with Gasteiger partial charge in [0.25, 0.3) is 0 Å². The normalized spacial score (nSPS) is 9.77. The Hall–Kier alpha value is -1.98. The molecule has 0 rings (SSSR count). The first kappa shape index (κ1) is 11.0. The number of hydrogen-bond donors (Lipinski definition) is 0. The standard InChI is InChI=1S/C11H8O2/c1-4-7-11(13)9(5-2)8-10(12)6-3/h2-3,9H,8H2,1H3. The second-order valence-electron chi connectivity index (χ2n) is 2.23. The van der Waals surface area contributed by atoms with Crippen LogP contribution in [0.3, 0.4) is 0 Å². The first-order valence-corrected chi connectivity index (χ1v) is 3.57. The molecule has 0 aromatic rings. The van der Waals surface area contributed by atoms with Gasteiger partial charge < -0.3 is 0 Å². The van der Waals surface area contributed by atoms with Crippen LogP contribution in [0.2, 0.25) is 0 Å². The number of ketones is 2. The van der Waals surface area contributed by atoms with Gasteiger partial charge in [-0.05, 0) is 18.8 Å². The van der Waals surface area contributed by atoms with Crippen molar-refractivity contribution < 1.29 is 9.59 Å². The van der Waals surface area contributed by atoms with Crippen LogP contribution in [0.4, 0.5) is 0 Å². The molecule has 0 amide bonds. The molecule has 1 unspecified atom stereocenters. The van der Waals surface area contributed by atoms with E-state index in [4.69, 9.17) is 12.8 Å². The van der Waals surface area contributed by atoms with Gasteiger partial charge in [0.2, 0.25) is 11.6 Å². The van der Waals surface area contributed by atoms with E-state index in [1.807, 2.05) is 5.92 Å². The minimum absolute atomic E-state index is 0.124. The molecule has 0 bridgehead atoms. The van der Waals surface area contributed by atoms with Crippen molar-refractivity contribution in [1.82, 2.24) is 0 Å². The summed E-state index contributed by atoms with van der Waals surface area (Å²) in [5, 5.41) is 0. The summed E-state index contributed by atoms with van der Waals surface area (Å²) < 4.78 is 0. The number of hydrogen-bond acceptors (Lipinski definition) is 2. The first-order valence-electron chi connectivity index (χ1n) is 3.57. The predicted octanol–water partition coefficient (Wildman–Crippen LogP) is 0.421. The molecule has 0 saturated heterocycles. The van der Waals surface area contributed by atoms with E-state index < -0.39 is 17.5 Å². The Kier molecular flexibility index (Phi) is 4.78. The minimum atomic E-state index is -0.809. The van der Waals surface area contributed by atoms with Crippen molar-refractivity contribution in [3.8, 4) is 36.5 Å². The largest absolute Gasteiger partial charge is 0.285 e. The molecule has 64 valence electrons. The summed E-state index contributed by atoms with van der Waals surface area (Å²) in [4.78, 5) is 21.8. The molecular formula is C11H8O2. The summed E-state index contributed by atoms with van der Waals surface area (Å²) in [6.07, 6.45) is 9.76. The Morgan fingerprint density at radius 2 is 2.00 bits per heavy atom. The maximum absolute atomic E-state index is 11.1. The summed E-state index contributed by atoms with van der Waals surface area (Å²) >= 11 is 0. The van der Waals surface area contributed by atoms with Crippen molar-refractivity contribution >= 4 is 11.6 Å². The topological polar surface area (TPSA) is 34.1 Å². The molecule has 0 aromatic heterocycles. The Balaban J connectivity index is 4.46. The third-order valence-corrected chi connectivity index (χ3v) is 1.32. The fraction of sp³-hybridized carbons (Fsp3) is 0.273. The zero-order valence-electron chi connectivity index (χ0n) is 7.26. The predicted molar refractivity (Wildman–Crippen MR) is 49.2 cm³/mol. The summed E-state index contributed by atoms with van der Waals surface area (Å²) in [5.74, 6) is 7.04. The average molecular weight is 172 g/mol. The first-order chi connectivity index (χ1) is 6.15. The molecular weight excluding hydrogens is 164 g/mol. The van der Waals surface area contributed by atoms with Crippen LogP contribution in [0, 0.1) is 42.4 Å². The lowest BCUT2D eigenvalue weighted by atomic mass is 9.99. The fourth-order valence-electron chi connectivity index (χ4n) is 0.682. The van der Waals surface area contributed by atoms with Gasteiger partial charge in [-0.15, -0.1) is 12.8 Å². The maximum Gasteiger partial charge on any atom is 0.220 e. The summed E-state index contributed by atoms with van der Waals surface area (Å²) in [6.45, 7) is 1.52. The lowest BCUT2D eigenvalue weighted by Crippen LogP contribution is -2.14. The van der Waals surface area contributed by atoms with E-state index in [0.29, 0.717) is 0 Å². The Labute approximate surface area is 77.7 Å². The zero-order chi connectivity index (χ0) is 10.3. The Morgan fingerprint density at radius 3 is 2.38 bits per heavy atom. The monoisotopic (exact) mass is 172 g/mol. The van der Waals surface area contributed by atoms with Crippen LogP contribution >= 0.6 is 0 Å². The maximum atomic E-state index is 11.1. The number of rotatable bonds is 3. The van der Waals surface area contributed by atoms with Crippen molar-refractivity contribution in [3.05, 3.63) is 0 Å². The van der Waals surface area contributed by atoms with E-state index in [1.54, 1.807) is 0 Å². The van der Waals surface area contributed by atoms with Crippen molar-refractivity contribution in [2.45, 2.75) is 13.3 Å². The quantitative estimate of drug-likeness (QED) is 0.456. The molecule has 0 heterocycles. The van der Waals surface area contributed by atoms with E-state index in [2.05, 4.69) is 17.8 Å². The van der Waals surface area contributed by atoms with E-state index in [0.717, 1.165) is 0 Å². The molecule has 0 aliphatic rings. The molecule has 0 radical (unpaired) electrons. The van der Waals surface area contributed by atoms with Gasteiger partial charge in [-0.2, -0.15) is 0 Å². The van der Waals surface area contributed by atoms with Crippen LogP contribution in [0.15, 0.2) is 0 Å². The molecule has 0 fully saturated rings. The van der Waals surface area contributed by atoms with Crippen molar-refractivity contribution in [1.29, 1.82) is 0 Å². The third kappa shape index (κ3) is 3.80. The molecule has 1 atom stereocenters. The van der Waals surface area contributed by atoms with Crippen LogP contribution in [0.25, 0.3) is 0 Å². The molecule has 0 spiro atoms. The average Bonchev–Trinajstić information content (AvgIpc) is 2.14. The van der Waals surface area contributed by atoms with Crippen molar-refractivity contribution in [2.24, 2.45) is 5.92 Å². The van der Waals surface area contributed by atoms with Gasteiger partial charge in [0.1, 0.15) is 0 Å². The minimum Gasteiger partial charge on any atom is -0.285 e. The van der Waals surface area contributed by atoms with Gasteiger partial charge >= 0.3 is 0 Å².